The largest absolute Gasteiger partial charge is 0.490 e. The number of hydrogen-bond donors (Lipinski definition) is 2. The van der Waals surface area contributed by atoms with Crippen molar-refractivity contribution in [2.45, 2.75) is 52.5 Å². The molecule has 0 radical (unpaired) electrons. The lowest BCUT2D eigenvalue weighted by Crippen LogP contribution is -2.49. The fourth-order valence-corrected chi connectivity index (χ4v) is 2.11. The van der Waals surface area contributed by atoms with Gasteiger partial charge in [-0.05, 0) is 44.4 Å². The maximum Gasteiger partial charge on any atom is 0.251 e. The molecule has 24 heavy (non-hydrogen) atoms. The second-order valence-electron chi connectivity index (χ2n) is 5.70. The number of carbonyl (C=O) groups excluding carboxylic acids is 1. The lowest BCUT2D eigenvalue weighted by Gasteiger charge is -2.26. The quantitative estimate of drug-likeness (QED) is 0.670. The molecule has 0 aliphatic heterocycles. The number of halogens is 1. The van der Waals surface area contributed by atoms with Gasteiger partial charge in [-0.15, -0.1) is 12.4 Å². The lowest BCUT2D eigenvalue weighted by atomic mass is 9.94. The van der Waals surface area contributed by atoms with Crippen molar-refractivity contribution < 1.29 is 14.3 Å². The number of rotatable bonds is 10. The maximum atomic E-state index is 12.3. The molecule has 0 atom stereocenters. The second kappa shape index (κ2) is 11.2. The summed E-state index contributed by atoms with van der Waals surface area (Å²) >= 11 is 0. The van der Waals surface area contributed by atoms with E-state index in [2.05, 4.69) is 5.32 Å². The molecule has 138 valence electrons. The Morgan fingerprint density at radius 2 is 1.79 bits per heavy atom. The lowest BCUT2D eigenvalue weighted by molar-refractivity contribution is 0.0941. The van der Waals surface area contributed by atoms with Crippen molar-refractivity contribution in [2.75, 3.05) is 19.8 Å². The van der Waals surface area contributed by atoms with Gasteiger partial charge in [-0.1, -0.05) is 20.8 Å². The van der Waals surface area contributed by atoms with Gasteiger partial charge in [0.2, 0.25) is 0 Å². The van der Waals surface area contributed by atoms with Gasteiger partial charge in [0.05, 0.1) is 13.2 Å². The summed E-state index contributed by atoms with van der Waals surface area (Å²) in [4.78, 5) is 12.3. The number of benzene rings is 1. The Kier molecular flexibility index (Phi) is 10.5. The molecule has 1 aromatic carbocycles. The third-order valence-corrected chi connectivity index (χ3v) is 3.98. The van der Waals surface area contributed by atoms with Crippen LogP contribution in [0.3, 0.4) is 0 Å². The first-order valence-electron chi connectivity index (χ1n) is 8.46. The Hall–Kier alpha value is -1.46. The molecule has 1 amide bonds. The van der Waals surface area contributed by atoms with E-state index in [9.17, 15) is 4.79 Å². The van der Waals surface area contributed by atoms with E-state index in [-0.39, 0.29) is 23.9 Å². The predicted molar refractivity (Wildman–Crippen MR) is 100 cm³/mol. The van der Waals surface area contributed by atoms with Gasteiger partial charge in [-0.2, -0.15) is 0 Å². The Morgan fingerprint density at radius 1 is 1.12 bits per heavy atom. The standard InChI is InChI=1S/C18H30N2O3.ClH/c1-5-11-23-15-10-9-14(12-16(15)22-8-4)17(21)20-13-18(19,6-2)7-3;/h9-10,12H,5-8,11,13,19H2,1-4H3,(H,20,21);1H. The predicted octanol–water partition coefficient (Wildman–Crippen LogP) is 3.54. The molecule has 0 heterocycles. The number of nitrogens with two attached hydrogens (primary N) is 1. The SMILES string of the molecule is CCCOc1ccc(C(=O)NCC(N)(CC)CC)cc1OCC.Cl. The molecule has 0 aliphatic rings. The smallest absolute Gasteiger partial charge is 0.251 e. The van der Waals surface area contributed by atoms with E-state index in [4.69, 9.17) is 15.2 Å². The first-order chi connectivity index (χ1) is 11.0. The number of hydrogen-bond acceptors (Lipinski definition) is 4. The average molecular weight is 359 g/mol. The van der Waals surface area contributed by atoms with E-state index in [1.165, 1.54) is 0 Å². The third kappa shape index (κ3) is 6.57. The fourth-order valence-electron chi connectivity index (χ4n) is 2.11. The number of carbonyl (C=O) groups is 1. The third-order valence-electron chi connectivity index (χ3n) is 3.98. The molecule has 0 fully saturated rings. The van der Waals surface area contributed by atoms with Gasteiger partial charge in [0.15, 0.2) is 11.5 Å². The van der Waals surface area contributed by atoms with Crippen molar-refractivity contribution in [2.24, 2.45) is 5.73 Å². The molecular formula is C18H31ClN2O3. The highest BCUT2D eigenvalue weighted by atomic mass is 35.5. The van der Waals surface area contributed by atoms with Gasteiger partial charge in [0.25, 0.3) is 5.91 Å². The Morgan fingerprint density at radius 3 is 2.33 bits per heavy atom. The van der Waals surface area contributed by atoms with Crippen molar-refractivity contribution in [3.05, 3.63) is 23.8 Å². The van der Waals surface area contributed by atoms with Crippen molar-refractivity contribution in [1.29, 1.82) is 0 Å². The van der Waals surface area contributed by atoms with Crippen molar-refractivity contribution in [3.8, 4) is 11.5 Å². The molecule has 1 aromatic rings. The van der Waals surface area contributed by atoms with E-state index in [0.29, 0.717) is 36.8 Å². The number of ether oxygens (including phenoxy) is 2. The molecular weight excluding hydrogens is 328 g/mol. The topological polar surface area (TPSA) is 73.6 Å². The summed E-state index contributed by atoms with van der Waals surface area (Å²) in [7, 11) is 0. The second-order valence-corrected chi connectivity index (χ2v) is 5.70. The van der Waals surface area contributed by atoms with E-state index in [1.807, 2.05) is 27.7 Å². The first-order valence-corrected chi connectivity index (χ1v) is 8.46. The summed E-state index contributed by atoms with van der Waals surface area (Å²) in [6.07, 6.45) is 2.55. The molecule has 5 nitrogen and oxygen atoms in total. The summed E-state index contributed by atoms with van der Waals surface area (Å²) in [5.41, 5.74) is 6.41. The molecule has 0 aliphatic carbocycles. The van der Waals surface area contributed by atoms with Crippen LogP contribution >= 0.6 is 12.4 Å². The highest BCUT2D eigenvalue weighted by Crippen LogP contribution is 2.28. The van der Waals surface area contributed by atoms with Crippen LogP contribution in [0.4, 0.5) is 0 Å². The maximum absolute atomic E-state index is 12.3. The Bertz CT molecular complexity index is 505. The minimum absolute atomic E-state index is 0. The van der Waals surface area contributed by atoms with Crippen LogP contribution in [-0.4, -0.2) is 31.2 Å². The molecule has 3 N–H and O–H groups in total. The molecule has 1 rings (SSSR count). The molecule has 0 aromatic heterocycles. The van der Waals surface area contributed by atoms with E-state index in [0.717, 1.165) is 19.3 Å². The van der Waals surface area contributed by atoms with Crippen LogP contribution in [0.1, 0.15) is 57.3 Å². The van der Waals surface area contributed by atoms with E-state index < -0.39 is 0 Å². The summed E-state index contributed by atoms with van der Waals surface area (Å²) in [6.45, 7) is 9.60. The molecule has 0 saturated heterocycles. The molecule has 0 saturated carbocycles. The van der Waals surface area contributed by atoms with Crippen LogP contribution in [0.25, 0.3) is 0 Å². The van der Waals surface area contributed by atoms with Crippen LogP contribution in [0.15, 0.2) is 18.2 Å². The average Bonchev–Trinajstić information content (AvgIpc) is 2.58. The van der Waals surface area contributed by atoms with Crippen molar-refractivity contribution in [3.63, 3.8) is 0 Å². The molecule has 0 spiro atoms. The van der Waals surface area contributed by atoms with Crippen LogP contribution < -0.4 is 20.5 Å². The summed E-state index contributed by atoms with van der Waals surface area (Å²) in [6, 6.07) is 5.25. The first kappa shape index (κ1) is 22.5. The monoisotopic (exact) mass is 358 g/mol. The Labute approximate surface area is 151 Å². The summed E-state index contributed by atoms with van der Waals surface area (Å²) in [5, 5.41) is 2.91. The van der Waals surface area contributed by atoms with Gasteiger partial charge < -0.3 is 20.5 Å². The Balaban J connectivity index is 0.00000529. The molecule has 0 unspecified atom stereocenters. The van der Waals surface area contributed by atoms with Crippen LogP contribution in [0.2, 0.25) is 0 Å². The molecule has 0 bridgehead atoms. The van der Waals surface area contributed by atoms with Crippen LogP contribution in [-0.2, 0) is 0 Å². The highest BCUT2D eigenvalue weighted by molar-refractivity contribution is 5.94. The van der Waals surface area contributed by atoms with Gasteiger partial charge in [-0.25, -0.2) is 0 Å². The summed E-state index contributed by atoms with van der Waals surface area (Å²) < 4.78 is 11.2. The van der Waals surface area contributed by atoms with Gasteiger partial charge >= 0.3 is 0 Å². The van der Waals surface area contributed by atoms with Gasteiger partial charge in [0, 0.05) is 17.6 Å². The van der Waals surface area contributed by atoms with Gasteiger partial charge in [0.1, 0.15) is 0 Å². The zero-order valence-electron chi connectivity index (χ0n) is 15.2. The van der Waals surface area contributed by atoms with E-state index >= 15 is 0 Å². The van der Waals surface area contributed by atoms with Crippen LogP contribution in [0, 0.1) is 0 Å². The number of amides is 1. The number of nitrogens with one attached hydrogen (secondary N) is 1. The van der Waals surface area contributed by atoms with Crippen molar-refractivity contribution in [1.82, 2.24) is 5.32 Å². The van der Waals surface area contributed by atoms with E-state index in [1.54, 1.807) is 18.2 Å². The summed E-state index contributed by atoms with van der Waals surface area (Å²) in [5.74, 6) is 1.11. The molecule has 6 heteroatoms. The minimum Gasteiger partial charge on any atom is -0.490 e. The minimum atomic E-state index is -0.359. The van der Waals surface area contributed by atoms with Crippen LogP contribution in [0.5, 0.6) is 11.5 Å². The zero-order valence-corrected chi connectivity index (χ0v) is 16.0. The zero-order chi connectivity index (χ0) is 17.3. The fraction of sp³-hybridized carbons (Fsp3) is 0.611. The normalized spacial score (nSPS) is 10.7. The van der Waals surface area contributed by atoms with Crippen molar-refractivity contribution >= 4 is 18.3 Å². The highest BCUT2D eigenvalue weighted by Gasteiger charge is 2.21. The van der Waals surface area contributed by atoms with Gasteiger partial charge in [-0.3, -0.25) is 4.79 Å².